The van der Waals surface area contributed by atoms with Gasteiger partial charge < -0.3 is 21.1 Å². The van der Waals surface area contributed by atoms with Crippen LogP contribution in [0.4, 0.5) is 24.5 Å². The Labute approximate surface area is 222 Å². The molecule has 0 radical (unpaired) electrons. The topological polar surface area (TPSA) is 90.5 Å². The third-order valence-electron chi connectivity index (χ3n) is 6.90. The molecule has 2 aromatic rings. The fraction of sp³-hybridized carbons (Fsp3) is 0.517. The zero-order valence-electron chi connectivity index (χ0n) is 21.7. The highest BCUT2D eigenvalue weighted by Crippen LogP contribution is 2.32. The maximum Gasteiger partial charge on any atom is 0.416 e. The number of para-hydroxylation sites is 1. The highest BCUT2D eigenvalue weighted by Gasteiger charge is 2.30. The Morgan fingerprint density at radius 3 is 2.08 bits per heavy atom. The second kappa shape index (κ2) is 14.8. The normalized spacial score (nSPS) is 16.9. The Kier molecular flexibility index (Phi) is 11.5. The molecule has 2 amide bonds. The first-order chi connectivity index (χ1) is 18.3. The third-order valence-corrected chi connectivity index (χ3v) is 6.90. The van der Waals surface area contributed by atoms with Crippen LogP contribution in [0.15, 0.2) is 48.5 Å². The second-order valence-corrected chi connectivity index (χ2v) is 9.92. The summed E-state index contributed by atoms with van der Waals surface area (Å²) >= 11 is 0. The van der Waals surface area contributed by atoms with Gasteiger partial charge in [0.15, 0.2) is 0 Å². The van der Waals surface area contributed by atoms with Crippen LogP contribution in [0.3, 0.4) is 0 Å². The van der Waals surface area contributed by atoms with Crippen molar-refractivity contribution in [3.8, 4) is 0 Å². The van der Waals surface area contributed by atoms with E-state index in [1.54, 1.807) is 18.2 Å². The molecule has 0 aromatic heterocycles. The molecule has 1 aliphatic rings. The van der Waals surface area contributed by atoms with Gasteiger partial charge in [0.25, 0.3) is 5.91 Å². The monoisotopic (exact) mass is 533 g/mol. The first-order valence-corrected chi connectivity index (χ1v) is 13.5. The van der Waals surface area contributed by atoms with Crippen LogP contribution in [0.2, 0.25) is 0 Å². The summed E-state index contributed by atoms with van der Waals surface area (Å²) in [6.45, 7) is -0.576. The van der Waals surface area contributed by atoms with E-state index < -0.39 is 36.2 Å². The fourth-order valence-electron chi connectivity index (χ4n) is 4.76. The number of benzene rings is 2. The predicted octanol–water partition coefficient (Wildman–Crippen LogP) is 6.33. The molecule has 2 aromatic carbocycles. The molecule has 0 spiro atoms. The van der Waals surface area contributed by atoms with Gasteiger partial charge in [-0.05, 0) is 43.2 Å². The van der Waals surface area contributed by atoms with Crippen molar-refractivity contribution in [1.29, 1.82) is 0 Å². The molecule has 208 valence electrons. The van der Waals surface area contributed by atoms with Crippen LogP contribution < -0.4 is 16.0 Å². The molecule has 4 N–H and O–H groups in total. The van der Waals surface area contributed by atoms with Crippen molar-refractivity contribution in [2.24, 2.45) is 0 Å². The number of carbonyl (C=O) groups excluding carboxylic acids is 2. The number of amides is 2. The van der Waals surface area contributed by atoms with Crippen molar-refractivity contribution in [1.82, 2.24) is 10.6 Å². The largest absolute Gasteiger partial charge is 0.416 e. The average Bonchev–Trinajstić information content (AvgIpc) is 2.88. The molecular weight excluding hydrogens is 495 g/mol. The minimum atomic E-state index is -4.50. The van der Waals surface area contributed by atoms with E-state index in [2.05, 4.69) is 16.0 Å². The van der Waals surface area contributed by atoms with E-state index in [4.69, 9.17) is 0 Å². The van der Waals surface area contributed by atoms with Crippen LogP contribution in [-0.2, 0) is 11.0 Å². The highest BCUT2D eigenvalue weighted by atomic mass is 19.4. The summed E-state index contributed by atoms with van der Waals surface area (Å²) < 4.78 is 39.3. The number of nitrogens with one attached hydrogen (secondary N) is 3. The smallest absolute Gasteiger partial charge is 0.394 e. The number of alkyl halides is 3. The van der Waals surface area contributed by atoms with Crippen molar-refractivity contribution < 1.29 is 27.9 Å². The Morgan fingerprint density at radius 1 is 0.868 bits per heavy atom. The van der Waals surface area contributed by atoms with E-state index in [9.17, 15) is 27.9 Å². The minimum Gasteiger partial charge on any atom is -0.394 e. The van der Waals surface area contributed by atoms with E-state index in [1.807, 2.05) is 0 Å². The van der Waals surface area contributed by atoms with Gasteiger partial charge in [-0.1, -0.05) is 76.0 Å². The first-order valence-electron chi connectivity index (χ1n) is 13.5. The van der Waals surface area contributed by atoms with Gasteiger partial charge >= 0.3 is 6.18 Å². The summed E-state index contributed by atoms with van der Waals surface area (Å²) in [6.07, 6.45) is 7.71. The van der Waals surface area contributed by atoms with Crippen molar-refractivity contribution in [3.63, 3.8) is 0 Å². The van der Waals surface area contributed by atoms with Crippen molar-refractivity contribution >= 4 is 23.2 Å². The Bertz CT molecular complexity index is 1030. The first kappa shape index (κ1) is 29.5. The lowest BCUT2D eigenvalue weighted by atomic mass is 9.97. The number of carbonyl (C=O) groups is 2. The van der Waals surface area contributed by atoms with Crippen LogP contribution in [0.1, 0.15) is 86.6 Å². The van der Waals surface area contributed by atoms with Gasteiger partial charge in [-0.15, -0.1) is 0 Å². The van der Waals surface area contributed by atoms with Crippen molar-refractivity contribution in [2.45, 2.75) is 88.9 Å². The molecule has 9 heteroatoms. The van der Waals surface area contributed by atoms with Gasteiger partial charge in [0.2, 0.25) is 5.91 Å². The number of hydrogen-bond acceptors (Lipinski definition) is 4. The molecule has 38 heavy (non-hydrogen) atoms. The fourth-order valence-corrected chi connectivity index (χ4v) is 4.76. The zero-order chi connectivity index (χ0) is 27.4. The van der Waals surface area contributed by atoms with E-state index in [1.165, 1.54) is 50.3 Å². The van der Waals surface area contributed by atoms with Crippen LogP contribution in [0, 0.1) is 0 Å². The molecule has 0 bridgehead atoms. The van der Waals surface area contributed by atoms with Gasteiger partial charge in [-0.2, -0.15) is 13.2 Å². The van der Waals surface area contributed by atoms with Crippen LogP contribution >= 0.6 is 0 Å². The molecule has 1 atom stereocenters. The van der Waals surface area contributed by atoms with Crippen LogP contribution in [0.5, 0.6) is 0 Å². The van der Waals surface area contributed by atoms with Crippen molar-refractivity contribution in [2.75, 3.05) is 11.9 Å². The Morgan fingerprint density at radius 2 is 1.47 bits per heavy atom. The summed E-state index contributed by atoms with van der Waals surface area (Å²) in [6, 6.07) is 9.85. The van der Waals surface area contributed by atoms with Gasteiger partial charge in [0.05, 0.1) is 23.4 Å². The molecule has 0 aliphatic heterocycles. The molecular formula is C29H38F3N3O3. The summed E-state index contributed by atoms with van der Waals surface area (Å²) in [4.78, 5) is 26.1. The predicted molar refractivity (Wildman–Crippen MR) is 142 cm³/mol. The number of halogens is 3. The van der Waals surface area contributed by atoms with Crippen molar-refractivity contribution in [3.05, 3.63) is 59.7 Å². The molecule has 1 aliphatic carbocycles. The van der Waals surface area contributed by atoms with E-state index >= 15 is 0 Å². The summed E-state index contributed by atoms with van der Waals surface area (Å²) in [5.41, 5.74) is -0.227. The second-order valence-electron chi connectivity index (χ2n) is 9.92. The molecule has 0 saturated heterocycles. The molecule has 3 rings (SSSR count). The average molecular weight is 534 g/mol. The number of rotatable bonds is 7. The van der Waals surface area contributed by atoms with E-state index in [-0.39, 0.29) is 23.0 Å². The van der Waals surface area contributed by atoms with Gasteiger partial charge in [0.1, 0.15) is 6.04 Å². The maximum atomic E-state index is 13.1. The molecule has 0 heterocycles. The minimum absolute atomic E-state index is 0.0114. The highest BCUT2D eigenvalue weighted by molar-refractivity contribution is 6.02. The lowest BCUT2D eigenvalue weighted by Crippen LogP contribution is -2.51. The van der Waals surface area contributed by atoms with Crippen LogP contribution in [-0.4, -0.2) is 35.6 Å². The van der Waals surface area contributed by atoms with Gasteiger partial charge in [-0.3, -0.25) is 9.59 Å². The summed E-state index contributed by atoms with van der Waals surface area (Å²) in [5, 5.41) is 18.3. The maximum absolute atomic E-state index is 13.1. The van der Waals surface area contributed by atoms with E-state index in [0.717, 1.165) is 50.7 Å². The van der Waals surface area contributed by atoms with Gasteiger partial charge in [0, 0.05) is 11.7 Å². The van der Waals surface area contributed by atoms with Crippen LogP contribution in [0.25, 0.3) is 0 Å². The summed E-state index contributed by atoms with van der Waals surface area (Å²) in [5.74, 6) is -1.06. The summed E-state index contributed by atoms with van der Waals surface area (Å²) in [7, 11) is 0. The molecule has 1 unspecified atom stereocenters. The standard InChI is InChI=1S/C29H38F3N3O3/c30-29(31,32)21-13-12-16-23(19-21)33-25-18-11-10-17-24(25)27(37)35-26(20-36)28(38)34-22-14-8-6-4-2-1-3-5-7-9-15-22/h10-13,16-19,22,26,33,36H,1-9,14-15,20H2,(H,34,38)(H,35,37). The SMILES string of the molecule is O=C(NC(CO)C(=O)NC1CCCCCCCCCCC1)c1ccccc1Nc1cccc(C(F)(F)F)c1. The van der Waals surface area contributed by atoms with Gasteiger partial charge in [-0.25, -0.2) is 0 Å². The Hall–Kier alpha value is -3.07. The quantitative estimate of drug-likeness (QED) is 0.335. The number of hydrogen-bond donors (Lipinski definition) is 4. The third kappa shape index (κ3) is 9.35. The lowest BCUT2D eigenvalue weighted by Gasteiger charge is -2.23. The zero-order valence-corrected chi connectivity index (χ0v) is 21.7. The molecule has 6 nitrogen and oxygen atoms in total. The van der Waals surface area contributed by atoms with E-state index in [0.29, 0.717) is 0 Å². The molecule has 1 fully saturated rings. The number of anilines is 2. The lowest BCUT2D eigenvalue weighted by molar-refractivity contribution is -0.137. The Balaban J connectivity index is 1.65. The number of aliphatic hydroxyl groups excluding tert-OH is 1. The molecule has 1 saturated carbocycles. The number of aliphatic hydroxyl groups is 1.